The maximum absolute atomic E-state index is 11.9. The zero-order valence-electron chi connectivity index (χ0n) is 16.2. The summed E-state index contributed by atoms with van der Waals surface area (Å²) >= 11 is 0. The van der Waals surface area contributed by atoms with Crippen LogP contribution in [0.15, 0.2) is 59.8 Å². The first-order valence-corrected chi connectivity index (χ1v) is 9.77. The Morgan fingerprint density at radius 3 is 2.50 bits per heavy atom. The monoisotopic (exact) mass is 381 g/mol. The Morgan fingerprint density at radius 2 is 1.82 bits per heavy atom. The number of allylic oxidation sites excluding steroid dienone is 4. The van der Waals surface area contributed by atoms with Gasteiger partial charge in [0.05, 0.1) is 6.61 Å². The fraction of sp³-hybridized carbons (Fsp3) is 0.391. The van der Waals surface area contributed by atoms with Crippen LogP contribution in [-0.4, -0.2) is 18.5 Å². The van der Waals surface area contributed by atoms with Gasteiger partial charge in [-0.1, -0.05) is 49.1 Å². The SMILES string of the molecule is C=C(CCCc1ccc(C2=CCCC=C2)cc1)C(=O)OCCCCC(=O)N=O. The minimum absolute atomic E-state index is 0.0916. The normalized spacial score (nSPS) is 12.9. The molecule has 0 saturated carbocycles. The molecule has 1 aliphatic rings. The van der Waals surface area contributed by atoms with Crippen molar-refractivity contribution in [2.45, 2.75) is 51.4 Å². The summed E-state index contributed by atoms with van der Waals surface area (Å²) in [6.45, 7) is 4.02. The number of nitrogens with zero attached hydrogens (tertiary/aromatic N) is 1. The number of esters is 1. The van der Waals surface area contributed by atoms with Gasteiger partial charge in [0.15, 0.2) is 0 Å². The van der Waals surface area contributed by atoms with E-state index in [-0.39, 0.29) is 13.0 Å². The van der Waals surface area contributed by atoms with Crippen molar-refractivity contribution >= 4 is 17.4 Å². The lowest BCUT2D eigenvalue weighted by Crippen LogP contribution is -2.09. The van der Waals surface area contributed by atoms with Crippen LogP contribution in [0.25, 0.3) is 5.57 Å². The largest absolute Gasteiger partial charge is 0.462 e. The number of rotatable bonds is 11. The van der Waals surface area contributed by atoms with Crippen molar-refractivity contribution in [3.8, 4) is 0 Å². The molecule has 28 heavy (non-hydrogen) atoms. The zero-order chi connectivity index (χ0) is 20.2. The number of hydrogen-bond acceptors (Lipinski definition) is 4. The molecule has 0 aliphatic heterocycles. The van der Waals surface area contributed by atoms with E-state index < -0.39 is 11.9 Å². The second-order valence-corrected chi connectivity index (χ2v) is 6.87. The summed E-state index contributed by atoms with van der Waals surface area (Å²) in [5, 5.41) is 2.32. The Balaban J connectivity index is 1.64. The molecule has 5 heteroatoms. The average Bonchev–Trinajstić information content (AvgIpc) is 2.74. The number of nitroso groups, excluding NO2 is 1. The highest BCUT2D eigenvalue weighted by atomic mass is 16.5. The first-order chi connectivity index (χ1) is 13.6. The lowest BCUT2D eigenvalue weighted by molar-refractivity contribution is -0.139. The predicted octanol–water partition coefficient (Wildman–Crippen LogP) is 5.31. The van der Waals surface area contributed by atoms with E-state index in [1.807, 2.05) is 0 Å². The number of aryl methyl sites for hydroxylation is 1. The van der Waals surface area contributed by atoms with E-state index in [0.717, 1.165) is 25.7 Å². The van der Waals surface area contributed by atoms with E-state index in [4.69, 9.17) is 4.74 Å². The summed E-state index contributed by atoms with van der Waals surface area (Å²) in [4.78, 5) is 32.6. The number of hydrogen-bond donors (Lipinski definition) is 0. The lowest BCUT2D eigenvalue weighted by Gasteiger charge is -2.09. The topological polar surface area (TPSA) is 72.8 Å². The maximum atomic E-state index is 11.9. The van der Waals surface area contributed by atoms with Crippen molar-refractivity contribution in [2.75, 3.05) is 6.61 Å². The van der Waals surface area contributed by atoms with Gasteiger partial charge in [0.25, 0.3) is 5.91 Å². The van der Waals surface area contributed by atoms with Gasteiger partial charge in [-0.2, -0.15) is 0 Å². The van der Waals surface area contributed by atoms with Gasteiger partial charge in [0.2, 0.25) is 0 Å². The summed E-state index contributed by atoms with van der Waals surface area (Å²) in [7, 11) is 0. The number of benzene rings is 1. The van der Waals surface area contributed by atoms with Gasteiger partial charge in [-0.3, -0.25) is 4.79 Å². The second kappa shape index (κ2) is 11.8. The van der Waals surface area contributed by atoms with E-state index in [2.05, 4.69) is 54.2 Å². The van der Waals surface area contributed by atoms with Crippen molar-refractivity contribution in [3.05, 3.63) is 70.7 Å². The summed E-state index contributed by atoms with van der Waals surface area (Å²) in [5.41, 5.74) is 4.21. The molecule has 0 spiro atoms. The molecule has 0 heterocycles. The van der Waals surface area contributed by atoms with Gasteiger partial charge in [0, 0.05) is 17.2 Å². The highest BCUT2D eigenvalue weighted by Gasteiger charge is 2.09. The molecular formula is C23H27NO4. The Bertz CT molecular complexity index is 759. The van der Waals surface area contributed by atoms with Crippen LogP contribution in [0.5, 0.6) is 0 Å². The summed E-state index contributed by atoms with van der Waals surface area (Å²) < 4.78 is 5.13. The molecule has 5 nitrogen and oxygen atoms in total. The molecule has 1 amide bonds. The third kappa shape index (κ3) is 7.43. The minimum atomic E-state index is -0.671. The van der Waals surface area contributed by atoms with Crippen LogP contribution in [0.2, 0.25) is 0 Å². The summed E-state index contributed by atoms with van der Waals surface area (Å²) in [6, 6.07) is 8.56. The Morgan fingerprint density at radius 1 is 1.04 bits per heavy atom. The molecule has 2 rings (SSSR count). The van der Waals surface area contributed by atoms with Gasteiger partial charge in [-0.25, -0.2) is 4.79 Å². The Labute approximate surface area is 166 Å². The van der Waals surface area contributed by atoms with Crippen molar-refractivity contribution in [3.63, 3.8) is 0 Å². The zero-order valence-corrected chi connectivity index (χ0v) is 16.2. The smallest absolute Gasteiger partial charge is 0.333 e. The predicted molar refractivity (Wildman–Crippen MR) is 110 cm³/mol. The van der Waals surface area contributed by atoms with Gasteiger partial charge in [0.1, 0.15) is 0 Å². The number of unbranched alkanes of at least 4 members (excludes halogenated alkanes) is 1. The molecule has 1 aromatic carbocycles. The molecule has 0 fully saturated rings. The van der Waals surface area contributed by atoms with Crippen LogP contribution < -0.4 is 0 Å². The Hall–Kier alpha value is -2.82. The maximum Gasteiger partial charge on any atom is 0.333 e. The average molecular weight is 381 g/mol. The van der Waals surface area contributed by atoms with Gasteiger partial charge in [-0.05, 0) is 61.6 Å². The molecule has 0 unspecified atom stereocenters. The molecule has 0 bridgehead atoms. The number of ether oxygens (including phenoxy) is 1. The number of carbonyl (C=O) groups is 2. The van der Waals surface area contributed by atoms with Crippen molar-refractivity contribution in [1.82, 2.24) is 0 Å². The minimum Gasteiger partial charge on any atom is -0.462 e. The van der Waals surface area contributed by atoms with Gasteiger partial charge in [-0.15, -0.1) is 4.91 Å². The van der Waals surface area contributed by atoms with Crippen molar-refractivity contribution < 1.29 is 14.3 Å². The number of carbonyl (C=O) groups excluding carboxylic acids is 2. The van der Waals surface area contributed by atoms with E-state index in [1.54, 1.807) is 0 Å². The van der Waals surface area contributed by atoms with Crippen LogP contribution in [-0.2, 0) is 20.7 Å². The van der Waals surface area contributed by atoms with Crippen LogP contribution in [0.4, 0.5) is 0 Å². The van der Waals surface area contributed by atoms with Crippen molar-refractivity contribution in [2.24, 2.45) is 5.18 Å². The molecule has 0 atom stereocenters. The van der Waals surface area contributed by atoms with Crippen LogP contribution in [0, 0.1) is 4.91 Å². The van der Waals surface area contributed by atoms with Crippen LogP contribution in [0.1, 0.15) is 56.1 Å². The van der Waals surface area contributed by atoms with Gasteiger partial charge >= 0.3 is 5.97 Å². The van der Waals surface area contributed by atoms with E-state index in [9.17, 15) is 14.5 Å². The van der Waals surface area contributed by atoms with E-state index >= 15 is 0 Å². The lowest BCUT2D eigenvalue weighted by atomic mass is 9.97. The standard InChI is InChI=1S/C23H27NO4/c1-18(23(26)28-17-6-5-12-22(25)24-27)8-7-9-19-13-15-21(16-14-19)20-10-3-2-4-11-20/h3,10-11,13-16H,1-2,4-9,12,17H2. The van der Waals surface area contributed by atoms with Crippen LogP contribution in [0.3, 0.4) is 0 Å². The molecule has 148 valence electrons. The molecule has 0 radical (unpaired) electrons. The molecule has 1 aliphatic carbocycles. The molecule has 0 N–H and O–H groups in total. The fourth-order valence-electron chi connectivity index (χ4n) is 2.99. The first kappa shape index (κ1) is 21.5. The molecular weight excluding hydrogens is 354 g/mol. The third-order valence-corrected chi connectivity index (χ3v) is 4.63. The highest BCUT2D eigenvalue weighted by molar-refractivity contribution is 5.87. The van der Waals surface area contributed by atoms with E-state index in [1.165, 1.54) is 16.7 Å². The summed E-state index contributed by atoms with van der Waals surface area (Å²) in [5.74, 6) is -1.07. The molecule has 0 aromatic heterocycles. The fourth-order valence-corrected chi connectivity index (χ4v) is 2.99. The second-order valence-electron chi connectivity index (χ2n) is 6.87. The molecule has 0 saturated heterocycles. The quantitative estimate of drug-likeness (QED) is 0.225. The third-order valence-electron chi connectivity index (χ3n) is 4.63. The Kier molecular flexibility index (Phi) is 9.05. The first-order valence-electron chi connectivity index (χ1n) is 9.77. The van der Waals surface area contributed by atoms with Crippen LogP contribution >= 0.6 is 0 Å². The number of amides is 1. The highest BCUT2D eigenvalue weighted by Crippen LogP contribution is 2.22. The van der Waals surface area contributed by atoms with E-state index in [0.29, 0.717) is 24.8 Å². The summed E-state index contributed by atoms with van der Waals surface area (Å²) in [6.07, 6.45) is 12.2. The molecule has 1 aromatic rings. The van der Waals surface area contributed by atoms with Crippen molar-refractivity contribution in [1.29, 1.82) is 0 Å². The van der Waals surface area contributed by atoms with Gasteiger partial charge < -0.3 is 4.74 Å².